The third-order valence-electron chi connectivity index (χ3n) is 2.52. The first-order chi connectivity index (χ1) is 9.08. The number of carboxylic acid groups (broad SMARTS) is 1. The number of halogens is 2. The standard InChI is InChI=1S/C14H10BrClO2S/c15-11-3-1-2-4-13(11)19-8-10-6-5-9(14(17)18)7-12(10)16/h1-7H,8H2,(H,17,18). The van der Waals surface area contributed by atoms with E-state index in [9.17, 15) is 4.79 Å². The summed E-state index contributed by atoms with van der Waals surface area (Å²) in [5, 5.41) is 9.36. The Morgan fingerprint density at radius 3 is 2.63 bits per heavy atom. The van der Waals surface area contributed by atoms with E-state index in [-0.39, 0.29) is 5.56 Å². The molecule has 0 aliphatic rings. The lowest BCUT2D eigenvalue weighted by Gasteiger charge is -2.06. The monoisotopic (exact) mass is 356 g/mol. The largest absolute Gasteiger partial charge is 0.478 e. The van der Waals surface area contributed by atoms with Gasteiger partial charge >= 0.3 is 5.97 Å². The van der Waals surface area contributed by atoms with Gasteiger partial charge in [0, 0.05) is 20.1 Å². The molecule has 0 bridgehead atoms. The van der Waals surface area contributed by atoms with E-state index in [0.717, 1.165) is 14.9 Å². The number of carboxylic acids is 1. The number of carbonyl (C=O) groups is 1. The number of aromatic carboxylic acids is 1. The van der Waals surface area contributed by atoms with Gasteiger partial charge in [-0.2, -0.15) is 0 Å². The van der Waals surface area contributed by atoms with Crippen molar-refractivity contribution in [1.82, 2.24) is 0 Å². The zero-order chi connectivity index (χ0) is 13.8. The Morgan fingerprint density at radius 1 is 1.26 bits per heavy atom. The average Bonchev–Trinajstić information content (AvgIpc) is 2.39. The Balaban J connectivity index is 2.12. The Labute approximate surface area is 128 Å². The maximum atomic E-state index is 10.8. The number of rotatable bonds is 4. The Hall–Kier alpha value is -0.970. The van der Waals surface area contributed by atoms with Crippen LogP contribution < -0.4 is 0 Å². The Bertz CT molecular complexity index is 616. The van der Waals surface area contributed by atoms with Crippen LogP contribution in [0.4, 0.5) is 0 Å². The minimum atomic E-state index is -0.966. The predicted molar refractivity (Wildman–Crippen MR) is 82.1 cm³/mol. The molecule has 0 aliphatic carbocycles. The number of hydrogen-bond donors (Lipinski definition) is 1. The summed E-state index contributed by atoms with van der Waals surface area (Å²) >= 11 is 11.2. The topological polar surface area (TPSA) is 37.3 Å². The zero-order valence-corrected chi connectivity index (χ0v) is 12.9. The van der Waals surface area contributed by atoms with Crippen LogP contribution in [0.15, 0.2) is 51.8 Å². The molecule has 19 heavy (non-hydrogen) atoms. The van der Waals surface area contributed by atoms with Crippen molar-refractivity contribution in [2.75, 3.05) is 0 Å². The molecule has 0 unspecified atom stereocenters. The predicted octanol–water partition coefficient (Wildman–Crippen LogP) is 5.09. The highest BCUT2D eigenvalue weighted by atomic mass is 79.9. The van der Waals surface area contributed by atoms with Gasteiger partial charge in [-0.05, 0) is 45.8 Å². The van der Waals surface area contributed by atoms with E-state index in [4.69, 9.17) is 16.7 Å². The van der Waals surface area contributed by atoms with Crippen molar-refractivity contribution in [2.24, 2.45) is 0 Å². The summed E-state index contributed by atoms with van der Waals surface area (Å²) in [5.41, 5.74) is 1.13. The molecular formula is C14H10BrClO2S. The summed E-state index contributed by atoms with van der Waals surface area (Å²) in [6.07, 6.45) is 0. The highest BCUT2D eigenvalue weighted by Gasteiger charge is 2.08. The van der Waals surface area contributed by atoms with Crippen molar-refractivity contribution in [2.45, 2.75) is 10.6 Å². The fourth-order valence-corrected chi connectivity index (χ4v) is 3.41. The van der Waals surface area contributed by atoms with E-state index in [1.54, 1.807) is 23.9 Å². The molecule has 0 fully saturated rings. The molecule has 0 amide bonds. The van der Waals surface area contributed by atoms with Crippen molar-refractivity contribution < 1.29 is 9.90 Å². The highest BCUT2D eigenvalue weighted by molar-refractivity contribution is 9.10. The van der Waals surface area contributed by atoms with Crippen LogP contribution in [-0.2, 0) is 5.75 Å². The first-order valence-corrected chi connectivity index (χ1v) is 7.62. The number of thioether (sulfide) groups is 1. The van der Waals surface area contributed by atoms with Gasteiger partial charge in [-0.1, -0.05) is 29.8 Å². The van der Waals surface area contributed by atoms with Crippen LogP contribution in [0.2, 0.25) is 5.02 Å². The Morgan fingerprint density at radius 2 is 2.00 bits per heavy atom. The molecule has 0 aliphatic heterocycles. The second kappa shape index (κ2) is 6.46. The molecule has 0 aromatic heterocycles. The molecule has 2 nitrogen and oxygen atoms in total. The van der Waals surface area contributed by atoms with Gasteiger partial charge in [-0.15, -0.1) is 11.8 Å². The van der Waals surface area contributed by atoms with E-state index in [1.807, 2.05) is 24.3 Å². The van der Waals surface area contributed by atoms with Gasteiger partial charge in [0.2, 0.25) is 0 Å². The molecule has 2 aromatic rings. The first kappa shape index (κ1) is 14.4. The summed E-state index contributed by atoms with van der Waals surface area (Å²) < 4.78 is 1.04. The average molecular weight is 358 g/mol. The lowest BCUT2D eigenvalue weighted by atomic mass is 10.1. The van der Waals surface area contributed by atoms with Crippen LogP contribution in [0, 0.1) is 0 Å². The van der Waals surface area contributed by atoms with Gasteiger partial charge in [-0.3, -0.25) is 0 Å². The smallest absolute Gasteiger partial charge is 0.335 e. The zero-order valence-electron chi connectivity index (χ0n) is 9.77. The maximum absolute atomic E-state index is 10.8. The number of hydrogen-bond acceptors (Lipinski definition) is 2. The highest BCUT2D eigenvalue weighted by Crippen LogP contribution is 2.31. The first-order valence-electron chi connectivity index (χ1n) is 5.47. The molecule has 0 saturated heterocycles. The fraction of sp³-hybridized carbons (Fsp3) is 0.0714. The summed E-state index contributed by atoms with van der Waals surface area (Å²) in [4.78, 5) is 11.9. The second-order valence-corrected chi connectivity index (χ2v) is 6.11. The minimum Gasteiger partial charge on any atom is -0.478 e. The van der Waals surface area contributed by atoms with Crippen LogP contribution in [-0.4, -0.2) is 11.1 Å². The van der Waals surface area contributed by atoms with E-state index < -0.39 is 5.97 Å². The van der Waals surface area contributed by atoms with Gasteiger partial charge in [-0.25, -0.2) is 4.79 Å². The molecule has 0 heterocycles. The third-order valence-corrected chi connectivity index (χ3v) is 4.95. The van der Waals surface area contributed by atoms with E-state index in [2.05, 4.69) is 15.9 Å². The molecule has 1 N–H and O–H groups in total. The number of benzene rings is 2. The molecule has 2 aromatic carbocycles. The van der Waals surface area contributed by atoms with Crippen molar-refractivity contribution in [3.05, 3.63) is 63.1 Å². The van der Waals surface area contributed by atoms with Crippen molar-refractivity contribution in [1.29, 1.82) is 0 Å². The third kappa shape index (κ3) is 3.75. The normalized spacial score (nSPS) is 10.4. The molecule has 2 rings (SSSR count). The van der Waals surface area contributed by atoms with Gasteiger partial charge in [0.1, 0.15) is 0 Å². The van der Waals surface area contributed by atoms with E-state index in [1.165, 1.54) is 6.07 Å². The van der Waals surface area contributed by atoms with Gasteiger partial charge in [0.05, 0.1) is 5.56 Å². The summed E-state index contributed by atoms with van der Waals surface area (Å²) in [7, 11) is 0. The van der Waals surface area contributed by atoms with Crippen molar-refractivity contribution in [3.63, 3.8) is 0 Å². The molecule has 0 saturated carbocycles. The quantitative estimate of drug-likeness (QED) is 0.774. The molecule has 5 heteroatoms. The van der Waals surface area contributed by atoms with Crippen LogP contribution in [0.1, 0.15) is 15.9 Å². The molecule has 0 atom stereocenters. The second-order valence-electron chi connectivity index (χ2n) is 3.83. The summed E-state index contributed by atoms with van der Waals surface area (Å²) in [6, 6.07) is 12.8. The fourth-order valence-electron chi connectivity index (χ4n) is 1.51. The SMILES string of the molecule is O=C(O)c1ccc(CSc2ccccc2Br)c(Cl)c1. The summed E-state index contributed by atoms with van der Waals surface area (Å²) in [6.45, 7) is 0. The van der Waals surface area contributed by atoms with Gasteiger partial charge in [0.25, 0.3) is 0 Å². The molecule has 0 radical (unpaired) electrons. The lowest BCUT2D eigenvalue weighted by molar-refractivity contribution is 0.0697. The van der Waals surface area contributed by atoms with Crippen LogP contribution in [0.5, 0.6) is 0 Å². The molecule has 98 valence electrons. The van der Waals surface area contributed by atoms with Crippen LogP contribution in [0.3, 0.4) is 0 Å². The van der Waals surface area contributed by atoms with Crippen LogP contribution >= 0.6 is 39.3 Å². The summed E-state index contributed by atoms with van der Waals surface area (Å²) in [5.74, 6) is -0.270. The van der Waals surface area contributed by atoms with Gasteiger partial charge < -0.3 is 5.11 Å². The van der Waals surface area contributed by atoms with E-state index in [0.29, 0.717) is 10.8 Å². The maximum Gasteiger partial charge on any atom is 0.335 e. The lowest BCUT2D eigenvalue weighted by Crippen LogP contribution is -1.96. The molecule has 0 spiro atoms. The van der Waals surface area contributed by atoms with Crippen LogP contribution in [0.25, 0.3) is 0 Å². The van der Waals surface area contributed by atoms with Crippen molar-refractivity contribution >= 4 is 45.3 Å². The minimum absolute atomic E-state index is 0.208. The Kier molecular flexibility index (Phi) is 4.91. The van der Waals surface area contributed by atoms with Gasteiger partial charge in [0.15, 0.2) is 0 Å². The van der Waals surface area contributed by atoms with Crippen molar-refractivity contribution in [3.8, 4) is 0 Å². The molecular weight excluding hydrogens is 348 g/mol. The van der Waals surface area contributed by atoms with E-state index >= 15 is 0 Å².